The molecule has 1 amide bonds. The minimum atomic E-state index is 0.0404. The van der Waals surface area contributed by atoms with E-state index in [4.69, 9.17) is 9.47 Å². The average Bonchev–Trinajstić information content (AvgIpc) is 3.19. The van der Waals surface area contributed by atoms with E-state index in [0.717, 1.165) is 25.8 Å². The highest BCUT2D eigenvalue weighted by atomic mass is 16.5. The number of likely N-dealkylation sites (tertiary alicyclic amines) is 1. The van der Waals surface area contributed by atoms with Gasteiger partial charge in [0.25, 0.3) is 0 Å². The monoisotopic (exact) mass is 303 g/mol. The first-order valence-electron chi connectivity index (χ1n) is 8.33. The zero-order chi connectivity index (χ0) is 15.4. The zero-order valence-corrected chi connectivity index (χ0v) is 13.2. The van der Waals surface area contributed by atoms with Crippen LogP contribution < -0.4 is 0 Å². The smallest absolute Gasteiger partial charge is 0.228 e. The molecule has 2 aliphatic rings. The summed E-state index contributed by atoms with van der Waals surface area (Å²) in [6.07, 6.45) is 2.80. The van der Waals surface area contributed by atoms with Crippen LogP contribution in [-0.4, -0.2) is 49.3 Å². The molecule has 1 aromatic carbocycles. The summed E-state index contributed by atoms with van der Waals surface area (Å²) < 4.78 is 11.3. The molecule has 2 saturated heterocycles. The molecular formula is C18H25NO3. The van der Waals surface area contributed by atoms with Crippen molar-refractivity contribution in [3.63, 3.8) is 0 Å². The topological polar surface area (TPSA) is 38.8 Å². The van der Waals surface area contributed by atoms with E-state index in [1.807, 2.05) is 17.9 Å². The molecule has 1 aromatic rings. The zero-order valence-electron chi connectivity index (χ0n) is 13.2. The van der Waals surface area contributed by atoms with Crippen molar-refractivity contribution in [1.29, 1.82) is 0 Å². The van der Waals surface area contributed by atoms with Crippen LogP contribution in [0, 0.1) is 5.92 Å². The number of hydrogen-bond donors (Lipinski definition) is 0. The molecule has 0 N–H and O–H groups in total. The molecule has 4 heteroatoms. The number of rotatable bonds is 5. The molecule has 0 aromatic heterocycles. The Morgan fingerprint density at radius 1 is 1.32 bits per heavy atom. The van der Waals surface area contributed by atoms with Gasteiger partial charge in [-0.05, 0) is 31.7 Å². The van der Waals surface area contributed by atoms with Crippen molar-refractivity contribution < 1.29 is 14.3 Å². The molecule has 120 valence electrons. The SMILES string of the molecule is CCO[C@@H]1CCN(C(=O)C2CCOC2)[C@@H]1Cc1ccccc1. The quantitative estimate of drug-likeness (QED) is 0.837. The fraction of sp³-hybridized carbons (Fsp3) is 0.611. The van der Waals surface area contributed by atoms with Crippen molar-refractivity contribution in [3.05, 3.63) is 35.9 Å². The number of benzene rings is 1. The normalized spacial score (nSPS) is 28.2. The van der Waals surface area contributed by atoms with Gasteiger partial charge in [-0.15, -0.1) is 0 Å². The Bertz CT molecular complexity index is 484. The summed E-state index contributed by atoms with van der Waals surface area (Å²) >= 11 is 0. The van der Waals surface area contributed by atoms with Crippen molar-refractivity contribution >= 4 is 5.91 Å². The van der Waals surface area contributed by atoms with Gasteiger partial charge in [-0.1, -0.05) is 30.3 Å². The Hall–Kier alpha value is -1.39. The molecule has 4 nitrogen and oxygen atoms in total. The molecule has 0 bridgehead atoms. The molecule has 3 rings (SSSR count). The predicted octanol–water partition coefficient (Wildman–Crippen LogP) is 2.27. The van der Waals surface area contributed by atoms with Gasteiger partial charge in [0.05, 0.1) is 24.7 Å². The van der Waals surface area contributed by atoms with Gasteiger partial charge in [-0.2, -0.15) is 0 Å². The Balaban J connectivity index is 1.74. The first kappa shape index (κ1) is 15.5. The summed E-state index contributed by atoms with van der Waals surface area (Å²) in [5.41, 5.74) is 1.26. The highest BCUT2D eigenvalue weighted by molar-refractivity contribution is 5.80. The molecule has 0 radical (unpaired) electrons. The van der Waals surface area contributed by atoms with Gasteiger partial charge in [0, 0.05) is 19.8 Å². The van der Waals surface area contributed by atoms with E-state index in [-0.39, 0.29) is 24.0 Å². The Morgan fingerprint density at radius 2 is 2.14 bits per heavy atom. The summed E-state index contributed by atoms with van der Waals surface area (Å²) in [5, 5.41) is 0. The lowest BCUT2D eigenvalue weighted by molar-refractivity contribution is -0.137. The third-order valence-electron chi connectivity index (χ3n) is 4.71. The van der Waals surface area contributed by atoms with Gasteiger partial charge in [-0.3, -0.25) is 4.79 Å². The second-order valence-electron chi connectivity index (χ2n) is 6.13. The van der Waals surface area contributed by atoms with Crippen LogP contribution in [0.3, 0.4) is 0 Å². The van der Waals surface area contributed by atoms with E-state index in [0.29, 0.717) is 19.8 Å². The van der Waals surface area contributed by atoms with E-state index in [9.17, 15) is 4.79 Å². The van der Waals surface area contributed by atoms with Crippen LogP contribution in [0.25, 0.3) is 0 Å². The number of hydrogen-bond acceptors (Lipinski definition) is 3. The largest absolute Gasteiger partial charge is 0.381 e. The van der Waals surface area contributed by atoms with Crippen LogP contribution in [0.4, 0.5) is 0 Å². The van der Waals surface area contributed by atoms with Gasteiger partial charge in [-0.25, -0.2) is 0 Å². The van der Waals surface area contributed by atoms with Crippen molar-refractivity contribution in [2.45, 2.75) is 38.3 Å². The summed E-state index contributed by atoms with van der Waals surface area (Å²) in [4.78, 5) is 14.8. The molecule has 2 heterocycles. The van der Waals surface area contributed by atoms with Crippen LogP contribution >= 0.6 is 0 Å². The first-order chi connectivity index (χ1) is 10.8. The lowest BCUT2D eigenvalue weighted by Crippen LogP contribution is -2.44. The van der Waals surface area contributed by atoms with Crippen LogP contribution in [0.1, 0.15) is 25.3 Å². The minimum Gasteiger partial charge on any atom is -0.381 e. The van der Waals surface area contributed by atoms with Crippen LogP contribution in [0.5, 0.6) is 0 Å². The van der Waals surface area contributed by atoms with Crippen molar-refractivity contribution in [2.75, 3.05) is 26.4 Å². The molecule has 0 aliphatic carbocycles. The van der Waals surface area contributed by atoms with Gasteiger partial charge in [0.2, 0.25) is 5.91 Å². The van der Waals surface area contributed by atoms with Gasteiger partial charge < -0.3 is 14.4 Å². The maximum atomic E-state index is 12.8. The summed E-state index contributed by atoms with van der Waals surface area (Å²) in [5.74, 6) is 0.291. The Labute approximate surface area is 132 Å². The number of carbonyl (C=O) groups is 1. The maximum Gasteiger partial charge on any atom is 0.228 e. The van der Waals surface area contributed by atoms with Gasteiger partial charge in [0.1, 0.15) is 0 Å². The minimum absolute atomic E-state index is 0.0404. The average molecular weight is 303 g/mol. The Kier molecular flexibility index (Phi) is 5.11. The molecule has 0 spiro atoms. The molecule has 3 atom stereocenters. The predicted molar refractivity (Wildman–Crippen MR) is 84.6 cm³/mol. The third kappa shape index (κ3) is 3.33. The molecule has 1 unspecified atom stereocenters. The van der Waals surface area contributed by atoms with E-state index in [2.05, 4.69) is 24.3 Å². The van der Waals surface area contributed by atoms with Crippen molar-refractivity contribution in [1.82, 2.24) is 4.90 Å². The number of ether oxygens (including phenoxy) is 2. The van der Waals surface area contributed by atoms with Crippen LogP contribution in [0.15, 0.2) is 30.3 Å². The lowest BCUT2D eigenvalue weighted by Gasteiger charge is -2.30. The molecule has 22 heavy (non-hydrogen) atoms. The lowest BCUT2D eigenvalue weighted by atomic mass is 10.0. The summed E-state index contributed by atoms with van der Waals surface area (Å²) in [7, 11) is 0. The number of nitrogens with zero attached hydrogens (tertiary/aromatic N) is 1. The highest BCUT2D eigenvalue weighted by Crippen LogP contribution is 2.28. The second-order valence-corrected chi connectivity index (χ2v) is 6.13. The fourth-order valence-electron chi connectivity index (χ4n) is 3.57. The number of amides is 1. The highest BCUT2D eigenvalue weighted by Gasteiger charge is 2.40. The Morgan fingerprint density at radius 3 is 2.82 bits per heavy atom. The van der Waals surface area contributed by atoms with Gasteiger partial charge in [0.15, 0.2) is 0 Å². The molecular weight excluding hydrogens is 278 g/mol. The first-order valence-corrected chi connectivity index (χ1v) is 8.33. The van der Waals surface area contributed by atoms with E-state index >= 15 is 0 Å². The van der Waals surface area contributed by atoms with Gasteiger partial charge >= 0.3 is 0 Å². The molecule has 2 aliphatic heterocycles. The van der Waals surface area contributed by atoms with E-state index in [1.54, 1.807) is 0 Å². The molecule has 0 saturated carbocycles. The standard InChI is InChI=1S/C18H25NO3/c1-2-22-17-8-10-19(18(20)15-9-11-21-13-15)16(17)12-14-6-4-3-5-7-14/h3-7,15-17H,2,8-13H2,1H3/t15?,16-,17-/m1/s1. The van der Waals surface area contributed by atoms with E-state index < -0.39 is 0 Å². The maximum absolute atomic E-state index is 12.8. The second kappa shape index (κ2) is 7.25. The van der Waals surface area contributed by atoms with Crippen molar-refractivity contribution in [2.24, 2.45) is 5.92 Å². The summed E-state index contributed by atoms with van der Waals surface area (Å²) in [6.45, 7) is 4.81. The number of carbonyl (C=O) groups excluding carboxylic acids is 1. The molecule has 2 fully saturated rings. The third-order valence-corrected chi connectivity index (χ3v) is 4.71. The summed E-state index contributed by atoms with van der Waals surface area (Å²) in [6, 6.07) is 10.5. The van der Waals surface area contributed by atoms with Crippen molar-refractivity contribution in [3.8, 4) is 0 Å². The fourth-order valence-corrected chi connectivity index (χ4v) is 3.57. The van der Waals surface area contributed by atoms with Crippen LogP contribution in [-0.2, 0) is 20.7 Å². The van der Waals surface area contributed by atoms with E-state index in [1.165, 1.54) is 5.56 Å². The van der Waals surface area contributed by atoms with Crippen LogP contribution in [0.2, 0.25) is 0 Å².